The van der Waals surface area contributed by atoms with Gasteiger partial charge in [-0.05, 0) is 37.1 Å². The lowest BCUT2D eigenvalue weighted by molar-refractivity contribution is -0.134. The number of aromatic nitrogens is 2. The average Bonchev–Trinajstić information content (AvgIpc) is 3.38. The number of anilines is 1. The van der Waals surface area contributed by atoms with E-state index in [1.807, 2.05) is 4.90 Å². The number of carbonyl (C=O) groups excluding carboxylic acids is 1. The van der Waals surface area contributed by atoms with Crippen LogP contribution in [0, 0.1) is 5.82 Å². The van der Waals surface area contributed by atoms with Crippen LogP contribution in [-0.2, 0) is 11.2 Å². The third-order valence-corrected chi connectivity index (χ3v) is 6.44. The number of hydrogen-bond acceptors (Lipinski definition) is 6. The molecule has 28 heavy (non-hydrogen) atoms. The van der Waals surface area contributed by atoms with E-state index in [-0.39, 0.29) is 17.8 Å². The van der Waals surface area contributed by atoms with E-state index in [1.54, 1.807) is 12.1 Å². The fourth-order valence-electron chi connectivity index (χ4n) is 3.97. The summed E-state index contributed by atoms with van der Waals surface area (Å²) < 4.78 is 17.5. The Morgan fingerprint density at radius 1 is 1.18 bits per heavy atom. The highest BCUT2D eigenvalue weighted by Crippen LogP contribution is 2.29. The molecular formula is C20H26FN5OS. The Balaban J connectivity index is 1.41. The van der Waals surface area contributed by atoms with Gasteiger partial charge in [-0.25, -0.2) is 9.37 Å². The lowest BCUT2D eigenvalue weighted by Gasteiger charge is -2.36. The molecule has 2 saturated heterocycles. The van der Waals surface area contributed by atoms with Crippen molar-refractivity contribution in [3.05, 3.63) is 41.5 Å². The van der Waals surface area contributed by atoms with Crippen molar-refractivity contribution in [2.45, 2.75) is 32.2 Å². The molecular weight excluding hydrogens is 377 g/mol. The minimum atomic E-state index is -0.242. The van der Waals surface area contributed by atoms with Crippen molar-refractivity contribution < 1.29 is 9.18 Å². The molecule has 4 rings (SSSR count). The second kappa shape index (κ2) is 8.53. The standard InChI is InChI=1S/C20H26FN5OS/c1-2-24-10-12-25(13-11-24)19(27)17-4-3-9-26(17)20-22-18(23-28-20)14-15-5-7-16(21)8-6-15/h5-8,17H,2-4,9-14H2,1H3/t17-/m1/s1. The van der Waals surface area contributed by atoms with Gasteiger partial charge in [-0.15, -0.1) is 0 Å². The second-order valence-electron chi connectivity index (χ2n) is 7.41. The van der Waals surface area contributed by atoms with Crippen molar-refractivity contribution in [1.29, 1.82) is 0 Å². The summed E-state index contributed by atoms with van der Waals surface area (Å²) in [5, 5.41) is 0.820. The summed E-state index contributed by atoms with van der Waals surface area (Å²) in [4.78, 5) is 24.3. The van der Waals surface area contributed by atoms with Crippen LogP contribution < -0.4 is 4.90 Å². The van der Waals surface area contributed by atoms with Crippen LogP contribution in [0.5, 0.6) is 0 Å². The van der Waals surface area contributed by atoms with E-state index in [9.17, 15) is 9.18 Å². The molecule has 0 saturated carbocycles. The van der Waals surface area contributed by atoms with Gasteiger partial charge in [0.1, 0.15) is 17.7 Å². The number of piperazine rings is 1. The average molecular weight is 404 g/mol. The lowest BCUT2D eigenvalue weighted by Crippen LogP contribution is -2.53. The van der Waals surface area contributed by atoms with Gasteiger partial charge in [0, 0.05) is 50.7 Å². The van der Waals surface area contributed by atoms with Gasteiger partial charge in [0.15, 0.2) is 0 Å². The summed E-state index contributed by atoms with van der Waals surface area (Å²) in [7, 11) is 0. The Kier molecular flexibility index (Phi) is 5.87. The lowest BCUT2D eigenvalue weighted by atomic mass is 10.1. The molecule has 1 amide bonds. The molecule has 1 atom stereocenters. The van der Waals surface area contributed by atoms with Crippen molar-refractivity contribution in [2.24, 2.45) is 0 Å². The third-order valence-electron chi connectivity index (χ3n) is 5.65. The summed E-state index contributed by atoms with van der Waals surface area (Å²) in [6.07, 6.45) is 2.44. The molecule has 2 fully saturated rings. The predicted molar refractivity (Wildman–Crippen MR) is 108 cm³/mol. The van der Waals surface area contributed by atoms with E-state index >= 15 is 0 Å². The smallest absolute Gasteiger partial charge is 0.245 e. The first-order chi connectivity index (χ1) is 13.6. The highest BCUT2D eigenvalue weighted by molar-refractivity contribution is 7.09. The molecule has 2 aliphatic heterocycles. The van der Waals surface area contributed by atoms with Gasteiger partial charge >= 0.3 is 0 Å². The number of hydrogen-bond donors (Lipinski definition) is 0. The van der Waals surface area contributed by atoms with Crippen LogP contribution in [0.1, 0.15) is 31.2 Å². The van der Waals surface area contributed by atoms with Gasteiger partial charge in [-0.1, -0.05) is 19.1 Å². The van der Waals surface area contributed by atoms with Crippen molar-refractivity contribution in [3.8, 4) is 0 Å². The quantitative estimate of drug-likeness (QED) is 0.767. The maximum atomic E-state index is 13.1. The minimum Gasteiger partial charge on any atom is -0.338 e. The van der Waals surface area contributed by atoms with Gasteiger partial charge in [0.2, 0.25) is 11.0 Å². The Labute approximate surface area is 169 Å². The number of carbonyl (C=O) groups is 1. The van der Waals surface area contributed by atoms with Crippen LogP contribution in [0.4, 0.5) is 9.52 Å². The molecule has 2 aliphatic rings. The molecule has 0 N–H and O–H groups in total. The molecule has 2 aromatic rings. The van der Waals surface area contributed by atoms with E-state index < -0.39 is 0 Å². The van der Waals surface area contributed by atoms with E-state index in [4.69, 9.17) is 0 Å². The first-order valence-electron chi connectivity index (χ1n) is 9.99. The zero-order valence-corrected chi connectivity index (χ0v) is 17.0. The summed E-state index contributed by atoms with van der Waals surface area (Å²) in [5.41, 5.74) is 0.980. The van der Waals surface area contributed by atoms with Crippen LogP contribution in [-0.4, -0.2) is 70.4 Å². The van der Waals surface area contributed by atoms with Crippen LogP contribution in [0.2, 0.25) is 0 Å². The van der Waals surface area contributed by atoms with Crippen LogP contribution in [0.15, 0.2) is 24.3 Å². The topological polar surface area (TPSA) is 52.6 Å². The number of rotatable bonds is 5. The number of nitrogens with zero attached hydrogens (tertiary/aromatic N) is 5. The maximum absolute atomic E-state index is 13.1. The highest BCUT2D eigenvalue weighted by Gasteiger charge is 2.36. The Hall–Kier alpha value is -2.06. The third kappa shape index (κ3) is 4.17. The summed E-state index contributed by atoms with van der Waals surface area (Å²) in [6, 6.07) is 6.30. The molecule has 1 aromatic heterocycles. The van der Waals surface area contributed by atoms with E-state index in [0.717, 1.165) is 68.6 Å². The first kappa shape index (κ1) is 19.3. The fourth-order valence-corrected chi connectivity index (χ4v) is 4.73. The predicted octanol–water partition coefficient (Wildman–Crippen LogP) is 2.40. The van der Waals surface area contributed by atoms with Crippen LogP contribution in [0.25, 0.3) is 0 Å². The number of amides is 1. The monoisotopic (exact) mass is 403 g/mol. The zero-order valence-electron chi connectivity index (χ0n) is 16.2. The number of likely N-dealkylation sites (N-methyl/N-ethyl adjacent to an activating group) is 1. The highest BCUT2D eigenvalue weighted by atomic mass is 32.1. The molecule has 0 bridgehead atoms. The molecule has 0 spiro atoms. The zero-order chi connectivity index (χ0) is 19.5. The number of benzene rings is 1. The van der Waals surface area contributed by atoms with Gasteiger partial charge < -0.3 is 14.7 Å². The normalized spacial score (nSPS) is 20.7. The van der Waals surface area contributed by atoms with Gasteiger partial charge in [-0.3, -0.25) is 4.79 Å². The molecule has 0 radical (unpaired) electrons. The van der Waals surface area contributed by atoms with E-state index in [2.05, 4.69) is 26.1 Å². The molecule has 8 heteroatoms. The van der Waals surface area contributed by atoms with Crippen molar-refractivity contribution in [1.82, 2.24) is 19.2 Å². The minimum absolute atomic E-state index is 0.125. The maximum Gasteiger partial charge on any atom is 0.245 e. The first-order valence-corrected chi connectivity index (χ1v) is 10.8. The van der Waals surface area contributed by atoms with E-state index in [0.29, 0.717) is 6.42 Å². The molecule has 1 aromatic carbocycles. The van der Waals surface area contributed by atoms with Gasteiger partial charge in [-0.2, -0.15) is 4.37 Å². The Morgan fingerprint density at radius 3 is 2.64 bits per heavy atom. The second-order valence-corrected chi connectivity index (χ2v) is 8.14. The van der Waals surface area contributed by atoms with Crippen molar-refractivity contribution in [2.75, 3.05) is 44.2 Å². The molecule has 0 unspecified atom stereocenters. The van der Waals surface area contributed by atoms with E-state index in [1.165, 1.54) is 23.7 Å². The molecule has 150 valence electrons. The van der Waals surface area contributed by atoms with Crippen LogP contribution in [0.3, 0.4) is 0 Å². The van der Waals surface area contributed by atoms with Crippen molar-refractivity contribution in [3.63, 3.8) is 0 Å². The van der Waals surface area contributed by atoms with Crippen LogP contribution >= 0.6 is 11.5 Å². The Bertz CT molecular complexity index is 803. The molecule has 0 aliphatic carbocycles. The fraction of sp³-hybridized carbons (Fsp3) is 0.550. The summed E-state index contributed by atoms with van der Waals surface area (Å²) in [6.45, 7) is 7.57. The Morgan fingerprint density at radius 2 is 1.93 bits per heavy atom. The molecule has 6 nitrogen and oxygen atoms in total. The molecule has 3 heterocycles. The van der Waals surface area contributed by atoms with Gasteiger partial charge in [0.25, 0.3) is 0 Å². The summed E-state index contributed by atoms with van der Waals surface area (Å²) >= 11 is 1.35. The van der Waals surface area contributed by atoms with Crippen molar-refractivity contribution >= 4 is 22.6 Å². The van der Waals surface area contributed by atoms with Gasteiger partial charge in [0.05, 0.1) is 0 Å². The SMILES string of the molecule is CCN1CCN(C(=O)[C@H]2CCCN2c2nc(Cc3ccc(F)cc3)ns2)CC1. The summed E-state index contributed by atoms with van der Waals surface area (Å²) in [5.74, 6) is 0.707. The number of halogens is 1. The largest absolute Gasteiger partial charge is 0.338 e.